The molecule has 0 radical (unpaired) electrons. The highest BCUT2D eigenvalue weighted by atomic mass is 16.5. The third kappa shape index (κ3) is 3.58. The Hall–Kier alpha value is -2.39. The minimum absolute atomic E-state index is 0.0736. The number of aliphatic hydroxyl groups is 3. The molecule has 1 saturated heterocycles. The fourth-order valence-corrected chi connectivity index (χ4v) is 2.99. The lowest BCUT2D eigenvalue weighted by atomic mass is 9.89. The van der Waals surface area contributed by atoms with Gasteiger partial charge in [0.2, 0.25) is 0 Å². The summed E-state index contributed by atoms with van der Waals surface area (Å²) in [6, 6.07) is 9.01. The summed E-state index contributed by atoms with van der Waals surface area (Å²) in [5.41, 5.74) is 0.653. The van der Waals surface area contributed by atoms with E-state index in [1.165, 1.54) is 12.3 Å². The van der Waals surface area contributed by atoms with Gasteiger partial charge in [-0.2, -0.15) is 0 Å². The van der Waals surface area contributed by atoms with Gasteiger partial charge in [0.25, 0.3) is 5.91 Å². The summed E-state index contributed by atoms with van der Waals surface area (Å²) in [6.45, 7) is -0.469. The van der Waals surface area contributed by atoms with Crippen molar-refractivity contribution >= 4 is 5.91 Å². The third-order valence-electron chi connectivity index (χ3n) is 4.41. The average Bonchev–Trinajstić information content (AvgIpc) is 3.21. The first kappa shape index (κ1) is 18.4. The topological polar surface area (TPSA) is 121 Å². The van der Waals surface area contributed by atoms with Crippen molar-refractivity contribution in [2.45, 2.75) is 30.5 Å². The number of aliphatic hydroxyl groups excluding tert-OH is 3. The van der Waals surface area contributed by atoms with Crippen LogP contribution < -0.4 is 10.1 Å². The lowest BCUT2D eigenvalue weighted by molar-refractivity contribution is -0.195. The molecule has 4 N–H and O–H groups in total. The predicted octanol–water partition coefficient (Wildman–Crippen LogP) is 0.241. The van der Waals surface area contributed by atoms with Crippen LogP contribution in [-0.4, -0.2) is 59.3 Å². The maximum atomic E-state index is 12.3. The van der Waals surface area contributed by atoms with Crippen molar-refractivity contribution in [1.82, 2.24) is 5.32 Å². The first-order valence-electron chi connectivity index (χ1n) is 8.16. The van der Waals surface area contributed by atoms with E-state index in [9.17, 15) is 20.1 Å². The molecule has 8 nitrogen and oxygen atoms in total. The normalized spacial score (nSPS) is 28.5. The summed E-state index contributed by atoms with van der Waals surface area (Å²) >= 11 is 0. The second kappa shape index (κ2) is 7.88. The van der Waals surface area contributed by atoms with Crippen molar-refractivity contribution in [3.8, 4) is 5.75 Å². The van der Waals surface area contributed by atoms with E-state index in [-0.39, 0.29) is 5.76 Å². The maximum Gasteiger partial charge on any atom is 0.287 e. The van der Waals surface area contributed by atoms with Crippen molar-refractivity contribution in [2.75, 3.05) is 13.7 Å². The van der Waals surface area contributed by atoms with Crippen LogP contribution in [0.2, 0.25) is 0 Å². The van der Waals surface area contributed by atoms with Gasteiger partial charge in [-0.3, -0.25) is 4.79 Å². The molecule has 0 unspecified atom stereocenters. The number of amides is 1. The Morgan fingerprint density at radius 3 is 2.50 bits per heavy atom. The summed E-state index contributed by atoms with van der Waals surface area (Å²) in [7, 11) is 1.54. The van der Waals surface area contributed by atoms with Crippen molar-refractivity contribution in [3.63, 3.8) is 0 Å². The van der Waals surface area contributed by atoms with Crippen LogP contribution in [0.15, 0.2) is 47.1 Å². The molecule has 0 spiro atoms. The van der Waals surface area contributed by atoms with Crippen LogP contribution in [0.1, 0.15) is 22.2 Å². The quantitative estimate of drug-likeness (QED) is 0.600. The summed E-state index contributed by atoms with van der Waals surface area (Å²) in [4.78, 5) is 12.3. The van der Waals surface area contributed by atoms with Crippen molar-refractivity contribution < 1.29 is 34.0 Å². The molecule has 1 aliphatic rings. The van der Waals surface area contributed by atoms with Gasteiger partial charge in [-0.1, -0.05) is 12.1 Å². The van der Waals surface area contributed by atoms with Gasteiger partial charge in [-0.15, -0.1) is 0 Å². The Morgan fingerprint density at radius 2 is 1.92 bits per heavy atom. The second-order valence-corrected chi connectivity index (χ2v) is 6.01. The van der Waals surface area contributed by atoms with E-state index in [0.29, 0.717) is 11.3 Å². The number of ether oxygens (including phenoxy) is 2. The first-order chi connectivity index (χ1) is 12.5. The number of hydrogen-bond donors (Lipinski definition) is 4. The van der Waals surface area contributed by atoms with Crippen LogP contribution in [0.5, 0.6) is 5.75 Å². The van der Waals surface area contributed by atoms with Crippen molar-refractivity contribution in [3.05, 3.63) is 54.0 Å². The number of benzene rings is 1. The van der Waals surface area contributed by atoms with Crippen LogP contribution in [0.3, 0.4) is 0 Å². The van der Waals surface area contributed by atoms with Crippen LogP contribution in [0.4, 0.5) is 0 Å². The van der Waals surface area contributed by atoms with Gasteiger partial charge in [0.05, 0.1) is 26.0 Å². The van der Waals surface area contributed by atoms with Crippen molar-refractivity contribution in [2.24, 2.45) is 0 Å². The lowest BCUT2D eigenvalue weighted by Gasteiger charge is -2.42. The van der Waals surface area contributed by atoms with Gasteiger partial charge in [-0.05, 0) is 29.8 Å². The van der Waals surface area contributed by atoms with E-state index in [1.54, 1.807) is 37.4 Å². The summed E-state index contributed by atoms with van der Waals surface area (Å²) < 4.78 is 15.9. The summed E-state index contributed by atoms with van der Waals surface area (Å²) in [5, 5.41) is 32.7. The zero-order valence-electron chi connectivity index (χ0n) is 14.1. The Kier molecular flexibility index (Phi) is 5.58. The minimum Gasteiger partial charge on any atom is -0.497 e. The lowest BCUT2D eigenvalue weighted by Crippen LogP contribution is -2.61. The number of rotatable bonds is 5. The first-order valence-corrected chi connectivity index (χ1v) is 8.16. The van der Waals surface area contributed by atoms with E-state index in [2.05, 4.69) is 5.32 Å². The van der Waals surface area contributed by atoms with Crippen LogP contribution >= 0.6 is 0 Å². The highest BCUT2D eigenvalue weighted by Gasteiger charge is 2.45. The number of carbonyl (C=O) groups excluding carboxylic acids is 1. The molecular weight excluding hydrogens is 342 g/mol. The molecule has 1 aromatic carbocycles. The molecule has 1 fully saturated rings. The fourth-order valence-electron chi connectivity index (χ4n) is 2.99. The van der Waals surface area contributed by atoms with Crippen molar-refractivity contribution in [1.29, 1.82) is 0 Å². The average molecular weight is 363 g/mol. The number of methoxy groups -OCH3 is 1. The standard InChI is InChI=1S/C18H21NO7/c1-24-11-6-4-10(5-7-11)17-14(16(22)15(21)13(9-20)26-17)19-18(23)12-3-2-8-25-12/h2-8,13-17,20-22H,9H2,1H3,(H,19,23)/t13-,14-,15+,16-,17+/m1/s1. The van der Waals surface area contributed by atoms with E-state index in [4.69, 9.17) is 13.9 Å². The van der Waals surface area contributed by atoms with Gasteiger partial charge < -0.3 is 34.5 Å². The monoisotopic (exact) mass is 363 g/mol. The Morgan fingerprint density at radius 1 is 1.19 bits per heavy atom. The van der Waals surface area contributed by atoms with Gasteiger partial charge in [0.1, 0.15) is 30.2 Å². The molecule has 8 heteroatoms. The van der Waals surface area contributed by atoms with Gasteiger partial charge in [0, 0.05) is 0 Å². The molecule has 3 rings (SSSR count). The van der Waals surface area contributed by atoms with Crippen LogP contribution in [0, 0.1) is 0 Å². The molecular formula is C18H21NO7. The van der Waals surface area contributed by atoms with E-state index >= 15 is 0 Å². The second-order valence-electron chi connectivity index (χ2n) is 6.01. The zero-order valence-corrected chi connectivity index (χ0v) is 14.1. The number of nitrogens with one attached hydrogen (secondary N) is 1. The molecule has 2 heterocycles. The molecule has 0 saturated carbocycles. The molecule has 0 bridgehead atoms. The Balaban J connectivity index is 1.88. The zero-order chi connectivity index (χ0) is 18.7. The van der Waals surface area contributed by atoms with E-state index in [1.807, 2.05) is 0 Å². The van der Waals surface area contributed by atoms with Gasteiger partial charge in [-0.25, -0.2) is 0 Å². The molecule has 1 aliphatic heterocycles. The molecule has 5 atom stereocenters. The van der Waals surface area contributed by atoms with Gasteiger partial charge >= 0.3 is 0 Å². The summed E-state index contributed by atoms with van der Waals surface area (Å²) in [6.07, 6.45) is -3.09. The molecule has 1 aromatic heterocycles. The van der Waals surface area contributed by atoms with Crippen LogP contribution in [-0.2, 0) is 4.74 Å². The Bertz CT molecular complexity index is 716. The highest BCUT2D eigenvalue weighted by Crippen LogP contribution is 2.33. The largest absolute Gasteiger partial charge is 0.497 e. The number of furan rings is 1. The number of hydrogen-bond acceptors (Lipinski definition) is 7. The van der Waals surface area contributed by atoms with Gasteiger partial charge in [0.15, 0.2) is 5.76 Å². The summed E-state index contributed by atoms with van der Waals surface area (Å²) in [5.74, 6) is 0.167. The van der Waals surface area contributed by atoms with Crippen LogP contribution in [0.25, 0.3) is 0 Å². The predicted molar refractivity (Wildman–Crippen MR) is 89.7 cm³/mol. The smallest absolute Gasteiger partial charge is 0.287 e. The van der Waals surface area contributed by atoms with E-state index < -0.39 is 43.0 Å². The minimum atomic E-state index is -1.35. The van der Waals surface area contributed by atoms with E-state index in [0.717, 1.165) is 0 Å². The molecule has 2 aromatic rings. The molecule has 26 heavy (non-hydrogen) atoms. The molecule has 1 amide bonds. The number of carbonyl (C=O) groups is 1. The molecule has 0 aliphatic carbocycles. The maximum absolute atomic E-state index is 12.3. The SMILES string of the molecule is COc1ccc([C@@H]2O[C@H](CO)[C@H](O)[C@H](O)[C@H]2NC(=O)c2ccco2)cc1. The molecule has 140 valence electrons. The Labute approximate surface area is 150 Å². The fraction of sp³-hybridized carbons (Fsp3) is 0.389. The highest BCUT2D eigenvalue weighted by molar-refractivity contribution is 5.91. The third-order valence-corrected chi connectivity index (χ3v) is 4.41.